The molecule has 2 rings (SSSR count). The molecule has 8 nitrogen and oxygen atoms in total. The van der Waals surface area contributed by atoms with Crippen molar-refractivity contribution in [3.63, 3.8) is 0 Å². The smallest absolute Gasteiger partial charge is 0.329 e. The molecule has 0 saturated heterocycles. The van der Waals surface area contributed by atoms with Crippen LogP contribution in [0.15, 0.2) is 6.20 Å². The van der Waals surface area contributed by atoms with Crippen LogP contribution in [0.2, 0.25) is 0 Å². The SMILES string of the molecule is CNc1ncc([N+](=O)[O-])c(NCC2(O)CCCCC2)n1. The van der Waals surface area contributed by atoms with Crippen molar-refractivity contribution < 1.29 is 10.0 Å². The predicted molar refractivity (Wildman–Crippen MR) is 74.8 cm³/mol. The van der Waals surface area contributed by atoms with Gasteiger partial charge in [0.1, 0.15) is 6.20 Å². The van der Waals surface area contributed by atoms with E-state index in [1.165, 1.54) is 0 Å². The third kappa shape index (κ3) is 3.32. The first-order valence-electron chi connectivity index (χ1n) is 6.69. The Hall–Kier alpha value is -1.96. The molecule has 0 aliphatic heterocycles. The van der Waals surface area contributed by atoms with Gasteiger partial charge in [0.05, 0.1) is 10.5 Å². The average molecular weight is 281 g/mol. The van der Waals surface area contributed by atoms with Crippen LogP contribution in [0.1, 0.15) is 32.1 Å². The standard InChI is InChI=1S/C12H19N5O3/c1-13-11-14-7-9(17(19)20)10(16-11)15-8-12(18)5-3-2-4-6-12/h7,18H,2-6,8H2,1H3,(H2,13,14,15,16). The number of hydrogen-bond acceptors (Lipinski definition) is 7. The zero-order valence-corrected chi connectivity index (χ0v) is 11.4. The van der Waals surface area contributed by atoms with Crippen LogP contribution >= 0.6 is 0 Å². The van der Waals surface area contributed by atoms with Crippen molar-refractivity contribution in [3.8, 4) is 0 Å². The van der Waals surface area contributed by atoms with Crippen LogP contribution in [0.4, 0.5) is 17.5 Å². The maximum Gasteiger partial charge on any atom is 0.329 e. The minimum Gasteiger partial charge on any atom is -0.388 e. The van der Waals surface area contributed by atoms with Gasteiger partial charge in [0, 0.05) is 13.6 Å². The van der Waals surface area contributed by atoms with Crippen molar-refractivity contribution in [2.24, 2.45) is 0 Å². The van der Waals surface area contributed by atoms with E-state index in [-0.39, 0.29) is 18.1 Å². The maximum absolute atomic E-state index is 11.0. The van der Waals surface area contributed by atoms with Crippen molar-refractivity contribution in [3.05, 3.63) is 16.3 Å². The second-order valence-electron chi connectivity index (χ2n) is 5.07. The number of aliphatic hydroxyl groups is 1. The van der Waals surface area contributed by atoms with Gasteiger partial charge in [-0.15, -0.1) is 0 Å². The molecule has 1 aliphatic rings. The first-order chi connectivity index (χ1) is 9.54. The summed E-state index contributed by atoms with van der Waals surface area (Å²) in [7, 11) is 1.64. The quantitative estimate of drug-likeness (QED) is 0.554. The van der Waals surface area contributed by atoms with Crippen LogP contribution in [0.25, 0.3) is 0 Å². The van der Waals surface area contributed by atoms with E-state index in [9.17, 15) is 15.2 Å². The fourth-order valence-corrected chi connectivity index (χ4v) is 2.39. The van der Waals surface area contributed by atoms with Gasteiger partial charge in [-0.1, -0.05) is 19.3 Å². The molecule has 110 valence electrons. The van der Waals surface area contributed by atoms with E-state index in [2.05, 4.69) is 20.6 Å². The Balaban J connectivity index is 2.12. The third-order valence-corrected chi connectivity index (χ3v) is 3.56. The second kappa shape index (κ2) is 6.00. The fraction of sp³-hybridized carbons (Fsp3) is 0.667. The molecule has 8 heteroatoms. The minimum atomic E-state index is -0.809. The summed E-state index contributed by atoms with van der Waals surface area (Å²) >= 11 is 0. The summed E-state index contributed by atoms with van der Waals surface area (Å²) in [5.41, 5.74) is -1.000. The molecule has 0 aromatic carbocycles. The molecule has 0 radical (unpaired) electrons. The summed E-state index contributed by atoms with van der Waals surface area (Å²) in [5.74, 6) is 0.432. The number of nitro groups is 1. The molecule has 3 N–H and O–H groups in total. The Morgan fingerprint density at radius 1 is 1.45 bits per heavy atom. The number of nitrogens with zero attached hydrogens (tertiary/aromatic N) is 3. The zero-order valence-electron chi connectivity index (χ0n) is 11.4. The molecule has 0 bridgehead atoms. The van der Waals surface area contributed by atoms with Crippen LogP contribution in [-0.2, 0) is 0 Å². The van der Waals surface area contributed by atoms with Gasteiger partial charge in [0.2, 0.25) is 11.8 Å². The number of nitrogens with one attached hydrogen (secondary N) is 2. The highest BCUT2D eigenvalue weighted by Crippen LogP contribution is 2.29. The number of hydrogen-bond donors (Lipinski definition) is 3. The van der Waals surface area contributed by atoms with Gasteiger partial charge < -0.3 is 15.7 Å². The molecule has 1 saturated carbocycles. The van der Waals surface area contributed by atoms with E-state index in [1.807, 2.05) is 0 Å². The molecule has 20 heavy (non-hydrogen) atoms. The molecule has 0 spiro atoms. The van der Waals surface area contributed by atoms with Gasteiger partial charge in [-0.2, -0.15) is 4.98 Å². The Bertz CT molecular complexity index is 488. The molecule has 1 aliphatic carbocycles. The average Bonchev–Trinajstić information content (AvgIpc) is 2.45. The van der Waals surface area contributed by atoms with Crippen molar-refractivity contribution in [1.29, 1.82) is 0 Å². The maximum atomic E-state index is 11.0. The highest BCUT2D eigenvalue weighted by atomic mass is 16.6. The lowest BCUT2D eigenvalue weighted by Gasteiger charge is -2.32. The van der Waals surface area contributed by atoms with Crippen molar-refractivity contribution in [2.75, 3.05) is 24.2 Å². The van der Waals surface area contributed by atoms with Crippen LogP contribution < -0.4 is 10.6 Å². The lowest BCUT2D eigenvalue weighted by Crippen LogP contribution is -2.39. The Morgan fingerprint density at radius 3 is 2.75 bits per heavy atom. The monoisotopic (exact) mass is 281 g/mol. The fourth-order valence-electron chi connectivity index (χ4n) is 2.39. The van der Waals surface area contributed by atoms with Crippen LogP contribution in [0.5, 0.6) is 0 Å². The van der Waals surface area contributed by atoms with E-state index in [1.54, 1.807) is 7.05 Å². The molecule has 0 atom stereocenters. The minimum absolute atomic E-state index is 0.133. The molecule has 0 unspecified atom stereocenters. The van der Waals surface area contributed by atoms with E-state index >= 15 is 0 Å². The first kappa shape index (κ1) is 14.4. The predicted octanol–water partition coefficient (Wildman–Crippen LogP) is 1.53. The van der Waals surface area contributed by atoms with Crippen LogP contribution in [0, 0.1) is 10.1 Å². The number of anilines is 2. The highest BCUT2D eigenvalue weighted by molar-refractivity contribution is 5.57. The van der Waals surface area contributed by atoms with E-state index in [4.69, 9.17) is 0 Å². The van der Waals surface area contributed by atoms with Crippen molar-refractivity contribution in [1.82, 2.24) is 9.97 Å². The molecule has 0 amide bonds. The Kier molecular flexibility index (Phi) is 4.33. The Labute approximate surface area is 116 Å². The topological polar surface area (TPSA) is 113 Å². The molecule has 1 fully saturated rings. The van der Waals surface area contributed by atoms with E-state index in [0.29, 0.717) is 18.8 Å². The molecule has 1 aromatic heterocycles. The molecule has 1 aromatic rings. The summed E-state index contributed by atoms with van der Waals surface area (Å²) in [6, 6.07) is 0. The summed E-state index contributed by atoms with van der Waals surface area (Å²) in [6.45, 7) is 0.258. The summed E-state index contributed by atoms with van der Waals surface area (Å²) in [6.07, 6.45) is 5.65. The van der Waals surface area contributed by atoms with E-state index < -0.39 is 10.5 Å². The summed E-state index contributed by atoms with van der Waals surface area (Å²) in [5, 5.41) is 27.0. The Morgan fingerprint density at radius 2 is 2.15 bits per heavy atom. The third-order valence-electron chi connectivity index (χ3n) is 3.56. The number of aromatic nitrogens is 2. The van der Waals surface area contributed by atoms with Gasteiger partial charge in [0.15, 0.2) is 0 Å². The largest absolute Gasteiger partial charge is 0.388 e. The van der Waals surface area contributed by atoms with Crippen LogP contribution in [0.3, 0.4) is 0 Å². The van der Waals surface area contributed by atoms with Gasteiger partial charge in [-0.05, 0) is 12.8 Å². The van der Waals surface area contributed by atoms with Gasteiger partial charge in [0.25, 0.3) is 0 Å². The van der Waals surface area contributed by atoms with Crippen molar-refractivity contribution >= 4 is 17.5 Å². The van der Waals surface area contributed by atoms with Gasteiger partial charge >= 0.3 is 5.69 Å². The lowest BCUT2D eigenvalue weighted by atomic mass is 9.85. The summed E-state index contributed by atoms with van der Waals surface area (Å²) < 4.78 is 0. The van der Waals surface area contributed by atoms with Gasteiger partial charge in [-0.25, -0.2) is 4.98 Å². The molecule has 1 heterocycles. The zero-order chi connectivity index (χ0) is 14.6. The number of rotatable bonds is 5. The van der Waals surface area contributed by atoms with Gasteiger partial charge in [-0.3, -0.25) is 10.1 Å². The van der Waals surface area contributed by atoms with Crippen LogP contribution in [-0.4, -0.2) is 39.2 Å². The normalized spacial score (nSPS) is 17.5. The molecular formula is C12H19N5O3. The lowest BCUT2D eigenvalue weighted by molar-refractivity contribution is -0.384. The highest BCUT2D eigenvalue weighted by Gasteiger charge is 2.30. The molecular weight excluding hydrogens is 262 g/mol. The first-order valence-corrected chi connectivity index (χ1v) is 6.69. The second-order valence-corrected chi connectivity index (χ2v) is 5.07. The van der Waals surface area contributed by atoms with Crippen molar-refractivity contribution in [2.45, 2.75) is 37.7 Å². The summed E-state index contributed by atoms with van der Waals surface area (Å²) in [4.78, 5) is 18.3. The van der Waals surface area contributed by atoms with E-state index in [0.717, 1.165) is 25.5 Å².